The molecule has 2 aromatic carbocycles. The van der Waals surface area contributed by atoms with Crippen LogP contribution in [0.4, 0.5) is 5.69 Å². The fourth-order valence-corrected chi connectivity index (χ4v) is 2.87. The van der Waals surface area contributed by atoms with Crippen molar-refractivity contribution in [2.24, 2.45) is 5.10 Å². The lowest BCUT2D eigenvalue weighted by atomic mass is 10.0. The molecule has 1 aliphatic rings. The van der Waals surface area contributed by atoms with E-state index >= 15 is 0 Å². The summed E-state index contributed by atoms with van der Waals surface area (Å²) in [6.45, 7) is 1.96. The molecule has 2 amide bonds. The Hall–Kier alpha value is -2.95. The van der Waals surface area contributed by atoms with Gasteiger partial charge < -0.3 is 5.32 Å². The number of rotatable bonds is 2. The maximum Gasteiger partial charge on any atom is 0.329 e. The summed E-state index contributed by atoms with van der Waals surface area (Å²) in [5, 5.41) is 6.79. The maximum absolute atomic E-state index is 12.0. The molecule has 0 aliphatic heterocycles. The first-order chi connectivity index (χ1) is 12.1. The van der Waals surface area contributed by atoms with Crippen LogP contribution in [0.1, 0.15) is 36.0 Å². The van der Waals surface area contributed by atoms with E-state index in [9.17, 15) is 9.59 Å². The van der Waals surface area contributed by atoms with Crippen LogP contribution in [0.15, 0.2) is 53.6 Å². The summed E-state index contributed by atoms with van der Waals surface area (Å²) in [5.74, 6) is -1.50. The zero-order valence-electron chi connectivity index (χ0n) is 14.2. The summed E-state index contributed by atoms with van der Waals surface area (Å²) < 4.78 is 0. The van der Waals surface area contributed by atoms with Gasteiger partial charge in [-0.3, -0.25) is 9.59 Å². The number of hydrogen-bond acceptors (Lipinski definition) is 3. The van der Waals surface area contributed by atoms with Crippen LogP contribution in [0.25, 0.3) is 0 Å². The predicted molar refractivity (Wildman–Crippen MR) is 98.5 cm³/mol. The van der Waals surface area contributed by atoms with Crippen LogP contribution in [-0.4, -0.2) is 17.5 Å². The molecule has 2 aromatic rings. The third-order valence-corrected chi connectivity index (χ3v) is 4.25. The molecule has 128 valence electrons. The molecule has 5 nitrogen and oxygen atoms in total. The van der Waals surface area contributed by atoms with Crippen LogP contribution in [0, 0.1) is 6.92 Å². The molecular weight excluding hydrogens is 314 g/mol. The molecule has 0 saturated carbocycles. The van der Waals surface area contributed by atoms with Gasteiger partial charge in [0.25, 0.3) is 0 Å². The zero-order chi connectivity index (χ0) is 17.6. The van der Waals surface area contributed by atoms with Crippen molar-refractivity contribution in [3.8, 4) is 0 Å². The highest BCUT2D eigenvalue weighted by atomic mass is 16.2. The Bertz CT molecular complexity index is 810. The highest BCUT2D eigenvalue weighted by molar-refractivity contribution is 6.39. The first kappa shape index (κ1) is 16.9. The van der Waals surface area contributed by atoms with Gasteiger partial charge in [-0.05, 0) is 50.3 Å². The van der Waals surface area contributed by atoms with E-state index in [2.05, 4.69) is 21.9 Å². The van der Waals surface area contributed by atoms with E-state index in [0.29, 0.717) is 5.69 Å². The Balaban J connectivity index is 1.67. The normalized spacial score (nSPS) is 15.2. The lowest BCUT2D eigenvalue weighted by Gasteiger charge is -2.08. The number of aryl methyl sites for hydroxylation is 2. The molecule has 25 heavy (non-hydrogen) atoms. The largest absolute Gasteiger partial charge is 0.329 e. The van der Waals surface area contributed by atoms with Crippen molar-refractivity contribution in [2.45, 2.75) is 32.6 Å². The van der Waals surface area contributed by atoms with E-state index in [1.165, 1.54) is 5.56 Å². The van der Waals surface area contributed by atoms with E-state index in [0.717, 1.165) is 42.5 Å². The summed E-state index contributed by atoms with van der Waals surface area (Å²) in [7, 11) is 0. The van der Waals surface area contributed by atoms with Gasteiger partial charge in [-0.15, -0.1) is 0 Å². The number of fused-ring (bicyclic) bond motifs is 1. The topological polar surface area (TPSA) is 70.6 Å². The minimum atomic E-state index is -0.769. The molecule has 0 bridgehead atoms. The lowest BCUT2D eigenvalue weighted by Crippen LogP contribution is -2.33. The predicted octanol–water partition coefficient (Wildman–Crippen LogP) is 3.18. The van der Waals surface area contributed by atoms with Crippen LogP contribution in [0.5, 0.6) is 0 Å². The van der Waals surface area contributed by atoms with Crippen molar-refractivity contribution in [3.63, 3.8) is 0 Å². The van der Waals surface area contributed by atoms with Gasteiger partial charge in [0.15, 0.2) is 0 Å². The van der Waals surface area contributed by atoms with E-state index in [1.807, 2.05) is 37.3 Å². The van der Waals surface area contributed by atoms with E-state index in [1.54, 1.807) is 12.1 Å². The van der Waals surface area contributed by atoms with Crippen LogP contribution >= 0.6 is 0 Å². The average Bonchev–Trinajstić information content (AvgIpc) is 2.84. The molecule has 0 heterocycles. The SMILES string of the molecule is Cc1ccc(NC(=O)C(=O)N/N=C2/CCCCc3ccccc32)cc1. The average molecular weight is 335 g/mol. The van der Waals surface area contributed by atoms with Crippen molar-refractivity contribution in [1.29, 1.82) is 0 Å². The fraction of sp³-hybridized carbons (Fsp3) is 0.250. The Morgan fingerprint density at radius 2 is 1.64 bits per heavy atom. The van der Waals surface area contributed by atoms with E-state index in [4.69, 9.17) is 0 Å². The molecule has 0 aromatic heterocycles. The Morgan fingerprint density at radius 3 is 2.44 bits per heavy atom. The van der Waals surface area contributed by atoms with Gasteiger partial charge in [0.05, 0.1) is 5.71 Å². The Kier molecular flexibility index (Phi) is 5.23. The first-order valence-electron chi connectivity index (χ1n) is 8.46. The van der Waals surface area contributed by atoms with Crippen LogP contribution < -0.4 is 10.7 Å². The zero-order valence-corrected chi connectivity index (χ0v) is 14.2. The second kappa shape index (κ2) is 7.75. The summed E-state index contributed by atoms with van der Waals surface area (Å²) in [5.41, 5.74) is 7.17. The monoisotopic (exact) mass is 335 g/mol. The highest BCUT2D eigenvalue weighted by Gasteiger charge is 2.16. The first-order valence-corrected chi connectivity index (χ1v) is 8.46. The number of amides is 2. The fourth-order valence-electron chi connectivity index (χ4n) is 2.87. The number of nitrogens with zero attached hydrogens (tertiary/aromatic N) is 1. The van der Waals surface area contributed by atoms with Gasteiger partial charge >= 0.3 is 11.8 Å². The number of hydrazone groups is 1. The van der Waals surface area contributed by atoms with E-state index in [-0.39, 0.29) is 0 Å². The van der Waals surface area contributed by atoms with Crippen molar-refractivity contribution in [2.75, 3.05) is 5.32 Å². The minimum Gasteiger partial charge on any atom is -0.318 e. The van der Waals surface area contributed by atoms with Crippen molar-refractivity contribution < 1.29 is 9.59 Å². The Labute approximate surface area is 147 Å². The van der Waals surface area contributed by atoms with Crippen LogP contribution in [0.3, 0.4) is 0 Å². The Morgan fingerprint density at radius 1 is 0.920 bits per heavy atom. The van der Waals surface area contributed by atoms with Gasteiger partial charge in [-0.2, -0.15) is 5.10 Å². The van der Waals surface area contributed by atoms with Crippen LogP contribution in [0.2, 0.25) is 0 Å². The quantitative estimate of drug-likeness (QED) is 0.503. The maximum atomic E-state index is 12.0. The molecule has 2 N–H and O–H groups in total. The second-order valence-electron chi connectivity index (χ2n) is 6.18. The molecule has 0 radical (unpaired) electrons. The number of carbonyl (C=O) groups excluding carboxylic acids is 2. The number of carbonyl (C=O) groups is 2. The van der Waals surface area contributed by atoms with Gasteiger partial charge in [0.2, 0.25) is 0 Å². The molecule has 0 fully saturated rings. The third kappa shape index (κ3) is 4.32. The second-order valence-corrected chi connectivity index (χ2v) is 6.18. The number of benzene rings is 2. The number of nitrogens with one attached hydrogen (secondary N) is 2. The molecule has 3 rings (SSSR count). The minimum absolute atomic E-state index is 0.582. The van der Waals surface area contributed by atoms with Gasteiger partial charge in [0.1, 0.15) is 0 Å². The molecule has 0 unspecified atom stereocenters. The third-order valence-electron chi connectivity index (χ3n) is 4.25. The standard InChI is InChI=1S/C20H21N3O2/c1-14-10-12-16(13-11-14)21-19(24)20(25)23-22-18-9-5-3-7-15-6-2-4-8-17(15)18/h2,4,6,8,10-13H,3,5,7,9H2,1H3,(H,21,24)(H,23,25)/b22-18-. The molecule has 0 atom stereocenters. The van der Waals surface area contributed by atoms with Gasteiger partial charge in [-0.1, -0.05) is 42.0 Å². The molecule has 1 aliphatic carbocycles. The molecular formula is C20H21N3O2. The van der Waals surface area contributed by atoms with Crippen molar-refractivity contribution >= 4 is 23.2 Å². The summed E-state index contributed by atoms with van der Waals surface area (Å²) in [6, 6.07) is 15.3. The molecule has 0 spiro atoms. The highest BCUT2D eigenvalue weighted by Crippen LogP contribution is 2.20. The lowest BCUT2D eigenvalue weighted by molar-refractivity contribution is -0.136. The summed E-state index contributed by atoms with van der Waals surface area (Å²) >= 11 is 0. The van der Waals surface area contributed by atoms with E-state index < -0.39 is 11.8 Å². The molecule has 0 saturated heterocycles. The number of anilines is 1. The summed E-state index contributed by atoms with van der Waals surface area (Å²) in [6.07, 6.45) is 3.91. The van der Waals surface area contributed by atoms with Crippen molar-refractivity contribution in [3.05, 3.63) is 65.2 Å². The smallest absolute Gasteiger partial charge is 0.318 e. The van der Waals surface area contributed by atoms with Crippen LogP contribution in [-0.2, 0) is 16.0 Å². The van der Waals surface area contributed by atoms with Gasteiger partial charge in [0, 0.05) is 11.3 Å². The van der Waals surface area contributed by atoms with Crippen molar-refractivity contribution in [1.82, 2.24) is 5.43 Å². The summed E-state index contributed by atoms with van der Waals surface area (Å²) in [4.78, 5) is 24.0. The number of hydrogen-bond donors (Lipinski definition) is 2. The van der Waals surface area contributed by atoms with Gasteiger partial charge in [-0.25, -0.2) is 5.43 Å². The molecule has 5 heteroatoms.